The Morgan fingerprint density at radius 1 is 1.06 bits per heavy atom. The van der Waals surface area contributed by atoms with Crippen LogP contribution in [0, 0.1) is 5.41 Å². The summed E-state index contributed by atoms with van der Waals surface area (Å²) < 4.78 is 5.53. The third-order valence-corrected chi connectivity index (χ3v) is 5.24. The monoisotopic (exact) mass is 319 g/mol. The van der Waals surface area contributed by atoms with Crippen molar-refractivity contribution in [2.45, 2.75) is 52.4 Å². The van der Waals surface area contributed by atoms with Crippen molar-refractivity contribution in [2.75, 3.05) is 38.2 Å². The predicted molar refractivity (Wildman–Crippen MR) is 82.5 cm³/mol. The van der Waals surface area contributed by atoms with Crippen molar-refractivity contribution in [3.63, 3.8) is 0 Å². The minimum atomic E-state index is 0.458. The van der Waals surface area contributed by atoms with Gasteiger partial charge in [0.05, 0.1) is 0 Å². The Hall–Kier alpha value is 0.400. The number of rotatable bonds is 9. The molecule has 108 valence electrons. The van der Waals surface area contributed by atoms with Crippen molar-refractivity contribution in [1.29, 1.82) is 0 Å². The van der Waals surface area contributed by atoms with Crippen LogP contribution in [0.5, 0.6) is 0 Å². The predicted octanol–water partition coefficient (Wildman–Crippen LogP) is 4.08. The SMILES string of the molecule is CCCCN(CCCC)CC1(CBr)CCOCC1. The molecule has 0 N–H and O–H groups in total. The Balaban J connectivity index is 2.49. The van der Waals surface area contributed by atoms with Crippen LogP contribution in [0.15, 0.2) is 0 Å². The number of hydrogen-bond acceptors (Lipinski definition) is 2. The number of ether oxygens (including phenoxy) is 1. The van der Waals surface area contributed by atoms with Gasteiger partial charge in [0, 0.05) is 25.1 Å². The number of alkyl halides is 1. The molecule has 1 heterocycles. The zero-order chi connectivity index (χ0) is 13.3. The van der Waals surface area contributed by atoms with E-state index in [0.29, 0.717) is 5.41 Å². The Bertz CT molecular complexity index is 197. The van der Waals surface area contributed by atoms with Gasteiger partial charge in [0.25, 0.3) is 0 Å². The lowest BCUT2D eigenvalue weighted by Gasteiger charge is -2.40. The van der Waals surface area contributed by atoms with E-state index in [0.717, 1.165) is 18.5 Å². The zero-order valence-electron chi connectivity index (χ0n) is 12.2. The first-order valence-electron chi connectivity index (χ1n) is 7.62. The molecule has 0 aromatic heterocycles. The molecule has 0 radical (unpaired) electrons. The van der Waals surface area contributed by atoms with Crippen LogP contribution >= 0.6 is 15.9 Å². The number of halogens is 1. The fourth-order valence-corrected chi connectivity index (χ4v) is 3.38. The van der Waals surface area contributed by atoms with Crippen LogP contribution in [-0.2, 0) is 4.74 Å². The van der Waals surface area contributed by atoms with Gasteiger partial charge in [0.15, 0.2) is 0 Å². The van der Waals surface area contributed by atoms with Gasteiger partial charge >= 0.3 is 0 Å². The summed E-state index contributed by atoms with van der Waals surface area (Å²) in [5.41, 5.74) is 0.458. The molecular formula is C15H30BrNO. The Kier molecular flexibility index (Phi) is 8.53. The normalized spacial score (nSPS) is 19.3. The lowest BCUT2D eigenvalue weighted by Crippen LogP contribution is -2.43. The first-order valence-corrected chi connectivity index (χ1v) is 8.74. The molecule has 0 aromatic carbocycles. The van der Waals surface area contributed by atoms with Crippen molar-refractivity contribution in [3.8, 4) is 0 Å². The number of hydrogen-bond donors (Lipinski definition) is 0. The third-order valence-electron chi connectivity index (χ3n) is 4.05. The van der Waals surface area contributed by atoms with Crippen molar-refractivity contribution in [2.24, 2.45) is 5.41 Å². The molecular weight excluding hydrogens is 290 g/mol. The molecule has 1 aliphatic heterocycles. The molecule has 0 unspecified atom stereocenters. The maximum absolute atomic E-state index is 5.53. The quantitative estimate of drug-likeness (QED) is 0.594. The summed E-state index contributed by atoms with van der Waals surface area (Å²) in [6.45, 7) is 10.3. The standard InChI is InChI=1S/C15H30BrNO/c1-3-5-9-17(10-6-4-2)14-15(13-16)7-11-18-12-8-15/h3-14H2,1-2H3. The molecule has 0 bridgehead atoms. The molecule has 1 saturated heterocycles. The minimum absolute atomic E-state index is 0.458. The lowest BCUT2D eigenvalue weighted by molar-refractivity contribution is 0.00773. The fraction of sp³-hybridized carbons (Fsp3) is 1.00. The van der Waals surface area contributed by atoms with Crippen LogP contribution in [0.25, 0.3) is 0 Å². The smallest absolute Gasteiger partial charge is 0.0472 e. The van der Waals surface area contributed by atoms with Crippen LogP contribution in [-0.4, -0.2) is 43.1 Å². The van der Waals surface area contributed by atoms with Gasteiger partial charge in [0.2, 0.25) is 0 Å². The van der Waals surface area contributed by atoms with Crippen LogP contribution in [0.2, 0.25) is 0 Å². The second-order valence-electron chi connectivity index (χ2n) is 5.73. The van der Waals surface area contributed by atoms with Crippen LogP contribution in [0.1, 0.15) is 52.4 Å². The maximum Gasteiger partial charge on any atom is 0.0472 e. The first-order chi connectivity index (χ1) is 8.76. The molecule has 1 rings (SSSR count). The molecule has 0 spiro atoms. The highest BCUT2D eigenvalue weighted by Gasteiger charge is 2.33. The van der Waals surface area contributed by atoms with Gasteiger partial charge in [-0.2, -0.15) is 0 Å². The number of unbranched alkanes of at least 4 members (excludes halogenated alkanes) is 2. The Morgan fingerprint density at radius 2 is 1.61 bits per heavy atom. The van der Waals surface area contributed by atoms with Gasteiger partial charge in [-0.15, -0.1) is 0 Å². The summed E-state index contributed by atoms with van der Waals surface area (Å²) in [4.78, 5) is 2.69. The highest BCUT2D eigenvalue weighted by Crippen LogP contribution is 2.33. The second-order valence-corrected chi connectivity index (χ2v) is 6.29. The number of nitrogens with zero attached hydrogens (tertiary/aromatic N) is 1. The minimum Gasteiger partial charge on any atom is -0.381 e. The van der Waals surface area contributed by atoms with Crippen molar-refractivity contribution < 1.29 is 4.74 Å². The van der Waals surface area contributed by atoms with E-state index in [1.165, 1.54) is 58.2 Å². The van der Waals surface area contributed by atoms with Gasteiger partial charge in [-0.05, 0) is 44.2 Å². The molecule has 18 heavy (non-hydrogen) atoms. The van der Waals surface area contributed by atoms with Crippen LogP contribution < -0.4 is 0 Å². The fourth-order valence-electron chi connectivity index (χ4n) is 2.65. The zero-order valence-corrected chi connectivity index (χ0v) is 13.8. The summed E-state index contributed by atoms with van der Waals surface area (Å²) in [5, 5.41) is 1.12. The summed E-state index contributed by atoms with van der Waals surface area (Å²) in [5.74, 6) is 0. The van der Waals surface area contributed by atoms with Gasteiger partial charge < -0.3 is 9.64 Å². The first kappa shape index (κ1) is 16.5. The average molecular weight is 320 g/mol. The largest absolute Gasteiger partial charge is 0.381 e. The molecule has 0 atom stereocenters. The maximum atomic E-state index is 5.53. The van der Waals surface area contributed by atoms with E-state index < -0.39 is 0 Å². The van der Waals surface area contributed by atoms with E-state index in [4.69, 9.17) is 4.74 Å². The molecule has 2 nitrogen and oxygen atoms in total. The van der Waals surface area contributed by atoms with E-state index in [1.54, 1.807) is 0 Å². The van der Waals surface area contributed by atoms with E-state index in [2.05, 4.69) is 34.7 Å². The molecule has 0 aromatic rings. The van der Waals surface area contributed by atoms with E-state index in [-0.39, 0.29) is 0 Å². The molecule has 3 heteroatoms. The summed E-state index contributed by atoms with van der Waals surface area (Å²) in [6, 6.07) is 0. The van der Waals surface area contributed by atoms with Crippen LogP contribution in [0.3, 0.4) is 0 Å². The van der Waals surface area contributed by atoms with Gasteiger partial charge in [-0.1, -0.05) is 42.6 Å². The van der Waals surface area contributed by atoms with Crippen molar-refractivity contribution in [1.82, 2.24) is 4.90 Å². The van der Waals surface area contributed by atoms with Crippen LogP contribution in [0.4, 0.5) is 0 Å². The van der Waals surface area contributed by atoms with E-state index in [1.807, 2.05) is 0 Å². The van der Waals surface area contributed by atoms with Crippen molar-refractivity contribution >= 4 is 15.9 Å². The van der Waals surface area contributed by atoms with E-state index >= 15 is 0 Å². The second kappa shape index (κ2) is 9.33. The highest BCUT2D eigenvalue weighted by molar-refractivity contribution is 9.09. The molecule has 0 aliphatic carbocycles. The molecule has 1 aliphatic rings. The third kappa shape index (κ3) is 5.58. The summed E-state index contributed by atoms with van der Waals surface area (Å²) in [6.07, 6.45) is 7.69. The summed E-state index contributed by atoms with van der Waals surface area (Å²) in [7, 11) is 0. The Morgan fingerprint density at radius 3 is 2.06 bits per heavy atom. The molecule has 0 amide bonds. The average Bonchev–Trinajstić information content (AvgIpc) is 2.43. The van der Waals surface area contributed by atoms with Crippen molar-refractivity contribution in [3.05, 3.63) is 0 Å². The topological polar surface area (TPSA) is 12.5 Å². The van der Waals surface area contributed by atoms with Gasteiger partial charge in [0.1, 0.15) is 0 Å². The lowest BCUT2D eigenvalue weighted by atomic mass is 9.81. The van der Waals surface area contributed by atoms with Gasteiger partial charge in [-0.3, -0.25) is 0 Å². The molecule has 0 saturated carbocycles. The summed E-state index contributed by atoms with van der Waals surface area (Å²) >= 11 is 3.75. The highest BCUT2D eigenvalue weighted by atomic mass is 79.9. The molecule has 1 fully saturated rings. The van der Waals surface area contributed by atoms with E-state index in [9.17, 15) is 0 Å². The Labute approximate surface area is 122 Å². The van der Waals surface area contributed by atoms with Gasteiger partial charge in [-0.25, -0.2) is 0 Å².